The summed E-state index contributed by atoms with van der Waals surface area (Å²) >= 11 is 0. The minimum atomic E-state index is -3.61. The largest absolute Gasteiger partial charge is 0.345 e. The monoisotopic (exact) mass is 315 g/mol. The predicted molar refractivity (Wildman–Crippen MR) is 87.4 cm³/mol. The minimum Gasteiger partial charge on any atom is -0.345 e. The summed E-state index contributed by atoms with van der Waals surface area (Å²) in [5.74, 6) is 0.411. The van der Waals surface area contributed by atoms with E-state index >= 15 is 0 Å². The number of rotatable bonds is 4. The molecule has 1 aromatic heterocycles. The highest BCUT2D eigenvalue weighted by Gasteiger charge is 2.15. The van der Waals surface area contributed by atoms with Gasteiger partial charge >= 0.3 is 0 Å². The lowest BCUT2D eigenvalue weighted by Crippen LogP contribution is -2.12. The molecule has 2 aromatic carbocycles. The Bertz CT molecular complexity index is 897. The summed E-state index contributed by atoms with van der Waals surface area (Å²) in [5, 5.41) is 0. The lowest BCUT2D eigenvalue weighted by molar-refractivity contribution is 0.601. The summed E-state index contributed by atoms with van der Waals surface area (Å²) in [4.78, 5) is 7.20. The normalized spacial score (nSPS) is 12.0. The van der Waals surface area contributed by atoms with Crippen LogP contribution in [0.15, 0.2) is 53.7 Å². The molecule has 6 heteroatoms. The highest BCUT2D eigenvalue weighted by molar-refractivity contribution is 7.92. The number of nitrogens with one attached hydrogen (secondary N) is 2. The number of anilines is 1. The third kappa shape index (κ3) is 2.82. The number of imidazole rings is 1. The number of hydrogen-bond donors (Lipinski definition) is 2. The van der Waals surface area contributed by atoms with Crippen LogP contribution in [-0.4, -0.2) is 18.4 Å². The fourth-order valence-corrected chi connectivity index (χ4v) is 3.32. The van der Waals surface area contributed by atoms with Gasteiger partial charge in [-0.3, -0.25) is 4.72 Å². The van der Waals surface area contributed by atoms with E-state index in [1.54, 1.807) is 36.7 Å². The minimum absolute atomic E-state index is 0.206. The van der Waals surface area contributed by atoms with Gasteiger partial charge in [0.2, 0.25) is 0 Å². The molecule has 114 valence electrons. The van der Waals surface area contributed by atoms with Crippen molar-refractivity contribution in [3.63, 3.8) is 0 Å². The van der Waals surface area contributed by atoms with E-state index in [9.17, 15) is 8.42 Å². The molecule has 0 radical (unpaired) electrons. The third-order valence-corrected chi connectivity index (χ3v) is 4.91. The highest BCUT2D eigenvalue weighted by atomic mass is 32.2. The molecule has 0 atom stereocenters. The summed E-state index contributed by atoms with van der Waals surface area (Å²) < 4.78 is 27.5. The van der Waals surface area contributed by atoms with Gasteiger partial charge in [-0.25, -0.2) is 13.4 Å². The second-order valence-corrected chi connectivity index (χ2v) is 7.15. The predicted octanol–water partition coefficient (Wildman–Crippen LogP) is 3.49. The van der Waals surface area contributed by atoms with Crippen molar-refractivity contribution in [1.82, 2.24) is 9.97 Å². The van der Waals surface area contributed by atoms with E-state index in [4.69, 9.17) is 0 Å². The first-order chi connectivity index (χ1) is 10.5. The van der Waals surface area contributed by atoms with E-state index < -0.39 is 10.0 Å². The van der Waals surface area contributed by atoms with E-state index in [1.165, 1.54) is 5.56 Å². The maximum Gasteiger partial charge on any atom is 0.261 e. The van der Waals surface area contributed by atoms with E-state index in [2.05, 4.69) is 28.5 Å². The van der Waals surface area contributed by atoms with Crippen molar-refractivity contribution in [2.45, 2.75) is 24.7 Å². The quantitative estimate of drug-likeness (QED) is 0.774. The third-order valence-electron chi connectivity index (χ3n) is 3.53. The summed E-state index contributed by atoms with van der Waals surface area (Å²) in [5.41, 5.74) is 3.15. The molecule has 0 spiro atoms. The molecule has 0 bridgehead atoms. The average Bonchev–Trinajstić information content (AvgIpc) is 2.94. The van der Waals surface area contributed by atoms with Gasteiger partial charge in [-0.2, -0.15) is 0 Å². The Kier molecular flexibility index (Phi) is 3.62. The number of fused-ring (bicyclic) bond motifs is 1. The highest BCUT2D eigenvalue weighted by Crippen LogP contribution is 2.21. The van der Waals surface area contributed by atoms with E-state index in [-0.39, 0.29) is 4.90 Å². The van der Waals surface area contributed by atoms with Crippen molar-refractivity contribution in [3.8, 4) is 0 Å². The number of H-pyrrole nitrogens is 1. The molecule has 3 rings (SSSR count). The van der Waals surface area contributed by atoms with Crippen LogP contribution >= 0.6 is 0 Å². The first-order valence-electron chi connectivity index (χ1n) is 7.01. The van der Waals surface area contributed by atoms with Crippen LogP contribution in [-0.2, 0) is 10.0 Å². The molecule has 0 amide bonds. The van der Waals surface area contributed by atoms with Gasteiger partial charge in [0.1, 0.15) is 0 Å². The van der Waals surface area contributed by atoms with Crippen molar-refractivity contribution in [3.05, 3.63) is 54.4 Å². The number of hydrogen-bond acceptors (Lipinski definition) is 3. The molecule has 0 aliphatic carbocycles. The molecule has 0 saturated heterocycles. The standard InChI is InChI=1S/C16H17N3O2S/c1-11(2)12-3-5-13(6-4-12)19-22(20,21)14-7-8-15-16(9-14)18-10-17-15/h3-11,19H,1-2H3,(H,17,18). The van der Waals surface area contributed by atoms with Crippen LogP contribution in [0.3, 0.4) is 0 Å². The van der Waals surface area contributed by atoms with Crippen molar-refractivity contribution in [2.24, 2.45) is 0 Å². The maximum absolute atomic E-state index is 12.4. The van der Waals surface area contributed by atoms with Crippen LogP contribution in [0, 0.1) is 0 Å². The van der Waals surface area contributed by atoms with Crippen molar-refractivity contribution in [1.29, 1.82) is 0 Å². The smallest absolute Gasteiger partial charge is 0.261 e. The van der Waals surface area contributed by atoms with Crippen LogP contribution in [0.1, 0.15) is 25.3 Å². The van der Waals surface area contributed by atoms with E-state index in [0.717, 1.165) is 5.52 Å². The summed E-state index contributed by atoms with van der Waals surface area (Å²) in [6.07, 6.45) is 1.54. The Hall–Kier alpha value is -2.34. The van der Waals surface area contributed by atoms with Gasteiger partial charge in [0.25, 0.3) is 10.0 Å². The summed E-state index contributed by atoms with van der Waals surface area (Å²) in [6.45, 7) is 4.19. The Morgan fingerprint density at radius 3 is 2.50 bits per heavy atom. The van der Waals surface area contributed by atoms with E-state index in [1.807, 2.05) is 12.1 Å². The molecule has 0 saturated carbocycles. The lowest BCUT2D eigenvalue weighted by atomic mass is 10.0. The van der Waals surface area contributed by atoms with E-state index in [0.29, 0.717) is 17.1 Å². The second-order valence-electron chi connectivity index (χ2n) is 5.46. The van der Waals surface area contributed by atoms with Crippen LogP contribution < -0.4 is 4.72 Å². The zero-order valence-corrected chi connectivity index (χ0v) is 13.2. The van der Waals surface area contributed by atoms with Crippen LogP contribution in [0.2, 0.25) is 0 Å². The molecule has 0 unspecified atom stereocenters. The molecular formula is C16H17N3O2S. The SMILES string of the molecule is CC(C)c1ccc(NS(=O)(=O)c2ccc3nc[nH]c3c2)cc1. The Labute approximate surface area is 129 Å². The Balaban J connectivity index is 1.89. The van der Waals surface area contributed by atoms with Gasteiger partial charge in [0.05, 0.1) is 22.3 Å². The molecule has 5 nitrogen and oxygen atoms in total. The topological polar surface area (TPSA) is 74.8 Å². The fraction of sp³-hybridized carbons (Fsp3) is 0.188. The maximum atomic E-state index is 12.4. The molecule has 0 aliphatic heterocycles. The van der Waals surface area contributed by atoms with Gasteiger partial charge < -0.3 is 4.98 Å². The van der Waals surface area contributed by atoms with Gasteiger partial charge in [-0.05, 0) is 41.8 Å². The zero-order chi connectivity index (χ0) is 15.7. The molecule has 0 fully saturated rings. The van der Waals surface area contributed by atoms with Gasteiger partial charge in [0, 0.05) is 5.69 Å². The fourth-order valence-electron chi connectivity index (χ4n) is 2.23. The van der Waals surface area contributed by atoms with Crippen LogP contribution in [0.5, 0.6) is 0 Å². The first kappa shape index (κ1) is 14.6. The summed E-state index contributed by atoms with van der Waals surface area (Å²) in [6, 6.07) is 12.2. The molecule has 1 heterocycles. The van der Waals surface area contributed by atoms with Crippen molar-refractivity contribution in [2.75, 3.05) is 4.72 Å². The number of benzene rings is 2. The molecular weight excluding hydrogens is 298 g/mol. The van der Waals surface area contributed by atoms with Crippen molar-refractivity contribution >= 4 is 26.7 Å². The van der Waals surface area contributed by atoms with Gasteiger partial charge in [0.15, 0.2) is 0 Å². The van der Waals surface area contributed by atoms with Crippen molar-refractivity contribution < 1.29 is 8.42 Å². The molecule has 3 aromatic rings. The zero-order valence-electron chi connectivity index (χ0n) is 12.4. The van der Waals surface area contributed by atoms with Crippen LogP contribution in [0.25, 0.3) is 11.0 Å². The van der Waals surface area contributed by atoms with Crippen LogP contribution in [0.4, 0.5) is 5.69 Å². The summed E-state index contributed by atoms with van der Waals surface area (Å²) in [7, 11) is -3.61. The average molecular weight is 315 g/mol. The van der Waals surface area contributed by atoms with Gasteiger partial charge in [-0.1, -0.05) is 26.0 Å². The second kappa shape index (κ2) is 5.46. The number of aromatic nitrogens is 2. The Morgan fingerprint density at radius 2 is 1.82 bits per heavy atom. The Morgan fingerprint density at radius 1 is 1.09 bits per heavy atom. The molecule has 0 aliphatic rings. The molecule has 2 N–H and O–H groups in total. The molecule has 22 heavy (non-hydrogen) atoms. The number of sulfonamides is 1. The van der Waals surface area contributed by atoms with Gasteiger partial charge in [-0.15, -0.1) is 0 Å². The first-order valence-corrected chi connectivity index (χ1v) is 8.50. The number of aromatic amines is 1. The lowest BCUT2D eigenvalue weighted by Gasteiger charge is -2.10. The number of nitrogens with zero attached hydrogens (tertiary/aromatic N) is 1.